The summed E-state index contributed by atoms with van der Waals surface area (Å²) in [6.07, 6.45) is 0. The highest BCUT2D eigenvalue weighted by Gasteiger charge is 2.14. The van der Waals surface area contributed by atoms with Crippen molar-refractivity contribution in [3.05, 3.63) is 49.1 Å². The van der Waals surface area contributed by atoms with Crippen LogP contribution < -0.4 is 10.1 Å². The lowest BCUT2D eigenvalue weighted by molar-refractivity contribution is -0.385. The molecule has 0 bridgehead atoms. The van der Waals surface area contributed by atoms with Gasteiger partial charge in [0.2, 0.25) is 0 Å². The number of halogens is 1. The number of hydrogen-bond donors (Lipinski definition) is 1. The van der Waals surface area contributed by atoms with Crippen LogP contribution in [-0.2, 0) is 6.54 Å². The van der Waals surface area contributed by atoms with Gasteiger partial charge in [-0.05, 0) is 45.1 Å². The van der Waals surface area contributed by atoms with Gasteiger partial charge in [-0.2, -0.15) is 0 Å². The van der Waals surface area contributed by atoms with Crippen LogP contribution in [-0.4, -0.2) is 12.0 Å². The third-order valence-electron chi connectivity index (χ3n) is 2.49. The average Bonchev–Trinajstić information content (AvgIpc) is 2.81. The zero-order chi connectivity index (χ0) is 13.8. The maximum atomic E-state index is 10.9. The summed E-state index contributed by atoms with van der Waals surface area (Å²) in [5, 5.41) is 16.1. The predicted molar refractivity (Wildman–Crippen MR) is 79.0 cm³/mol. The van der Waals surface area contributed by atoms with Gasteiger partial charge in [0, 0.05) is 18.3 Å². The van der Waals surface area contributed by atoms with Crippen molar-refractivity contribution in [1.29, 1.82) is 0 Å². The normalized spacial score (nSPS) is 10.2. The van der Waals surface area contributed by atoms with Crippen LogP contribution in [0.1, 0.15) is 5.56 Å². The van der Waals surface area contributed by atoms with E-state index >= 15 is 0 Å². The molecule has 0 amide bonds. The quantitative estimate of drug-likeness (QED) is 0.657. The number of ether oxygens (including phenoxy) is 1. The molecular weight excluding hydrogens is 332 g/mol. The van der Waals surface area contributed by atoms with Gasteiger partial charge in [0.25, 0.3) is 0 Å². The standard InChI is InChI=1S/C12H11BrN2O3S/c1-18-11-3-2-9(5-10(11)15(16)17)14-6-8-4-12(13)19-7-8/h2-5,7,14H,6H2,1H3. The van der Waals surface area contributed by atoms with Gasteiger partial charge in [-0.1, -0.05) is 0 Å². The Hall–Kier alpha value is -1.60. The van der Waals surface area contributed by atoms with Crippen LogP contribution in [0.25, 0.3) is 0 Å². The number of nitrogens with one attached hydrogen (secondary N) is 1. The SMILES string of the molecule is COc1ccc(NCc2csc(Br)c2)cc1[N+](=O)[O-]. The fourth-order valence-corrected chi connectivity index (χ4v) is 2.79. The number of nitrogens with zero attached hydrogens (tertiary/aromatic N) is 1. The Morgan fingerprint density at radius 3 is 2.84 bits per heavy atom. The van der Waals surface area contributed by atoms with Gasteiger partial charge in [0.05, 0.1) is 15.8 Å². The third kappa shape index (κ3) is 3.45. The van der Waals surface area contributed by atoms with E-state index in [4.69, 9.17) is 4.74 Å². The second-order valence-electron chi connectivity index (χ2n) is 3.76. The Morgan fingerprint density at radius 1 is 1.47 bits per heavy atom. The number of hydrogen-bond acceptors (Lipinski definition) is 5. The van der Waals surface area contributed by atoms with E-state index in [0.717, 1.165) is 9.35 Å². The molecule has 5 nitrogen and oxygen atoms in total. The first-order valence-corrected chi connectivity index (χ1v) is 7.06. The van der Waals surface area contributed by atoms with Gasteiger partial charge < -0.3 is 10.1 Å². The summed E-state index contributed by atoms with van der Waals surface area (Å²) < 4.78 is 6.01. The van der Waals surface area contributed by atoms with E-state index in [1.165, 1.54) is 13.2 Å². The molecule has 7 heteroatoms. The van der Waals surface area contributed by atoms with E-state index in [1.807, 2.05) is 11.4 Å². The molecule has 0 radical (unpaired) electrons. The van der Waals surface area contributed by atoms with Crippen molar-refractivity contribution < 1.29 is 9.66 Å². The van der Waals surface area contributed by atoms with Gasteiger partial charge in [-0.15, -0.1) is 11.3 Å². The van der Waals surface area contributed by atoms with Crippen molar-refractivity contribution in [2.24, 2.45) is 0 Å². The zero-order valence-corrected chi connectivity index (χ0v) is 12.5. The van der Waals surface area contributed by atoms with Crippen LogP contribution in [0.15, 0.2) is 33.4 Å². The summed E-state index contributed by atoms with van der Waals surface area (Å²) in [5.41, 5.74) is 1.77. The van der Waals surface area contributed by atoms with Crippen molar-refractivity contribution in [1.82, 2.24) is 0 Å². The van der Waals surface area contributed by atoms with E-state index in [0.29, 0.717) is 12.2 Å². The first-order valence-electron chi connectivity index (χ1n) is 5.39. The van der Waals surface area contributed by atoms with Crippen molar-refractivity contribution in [2.45, 2.75) is 6.54 Å². The van der Waals surface area contributed by atoms with Crippen molar-refractivity contribution in [2.75, 3.05) is 12.4 Å². The Balaban J connectivity index is 2.12. The maximum absolute atomic E-state index is 10.9. The molecule has 0 spiro atoms. The Kier molecular flexibility index (Phi) is 4.39. The van der Waals surface area contributed by atoms with Crippen molar-refractivity contribution in [3.8, 4) is 5.75 Å². The highest BCUT2D eigenvalue weighted by molar-refractivity contribution is 9.11. The lowest BCUT2D eigenvalue weighted by Gasteiger charge is -2.07. The van der Waals surface area contributed by atoms with Crippen LogP contribution in [0.5, 0.6) is 5.75 Å². The minimum Gasteiger partial charge on any atom is -0.490 e. The second kappa shape index (κ2) is 6.03. The molecule has 0 fully saturated rings. The zero-order valence-electron chi connectivity index (χ0n) is 10.1. The molecular formula is C12H11BrN2O3S. The molecule has 0 aliphatic rings. The van der Waals surface area contributed by atoms with Crippen LogP contribution in [0.3, 0.4) is 0 Å². The smallest absolute Gasteiger partial charge is 0.312 e. The fraction of sp³-hybridized carbons (Fsp3) is 0.167. The summed E-state index contributed by atoms with van der Waals surface area (Å²) in [4.78, 5) is 10.5. The number of rotatable bonds is 5. The first kappa shape index (κ1) is 13.8. The monoisotopic (exact) mass is 342 g/mol. The molecule has 100 valence electrons. The molecule has 2 aromatic rings. The minimum atomic E-state index is -0.453. The summed E-state index contributed by atoms with van der Waals surface area (Å²) in [7, 11) is 1.41. The Labute approximate surface area is 122 Å². The molecule has 0 unspecified atom stereocenters. The van der Waals surface area contributed by atoms with Gasteiger partial charge in [-0.3, -0.25) is 10.1 Å². The molecule has 1 aromatic heterocycles. The first-order chi connectivity index (χ1) is 9.10. The summed E-state index contributed by atoms with van der Waals surface area (Å²) in [6, 6.07) is 6.83. The molecule has 1 aromatic carbocycles. The number of benzene rings is 1. The van der Waals surface area contributed by atoms with E-state index < -0.39 is 4.92 Å². The molecule has 0 aliphatic heterocycles. The minimum absolute atomic E-state index is 0.0426. The maximum Gasteiger partial charge on any atom is 0.312 e. The van der Waals surface area contributed by atoms with Gasteiger partial charge >= 0.3 is 5.69 Å². The molecule has 0 saturated heterocycles. The number of nitro groups is 1. The Morgan fingerprint density at radius 2 is 2.26 bits per heavy atom. The number of methoxy groups -OCH3 is 1. The van der Waals surface area contributed by atoms with E-state index in [9.17, 15) is 10.1 Å². The lowest BCUT2D eigenvalue weighted by atomic mass is 10.2. The Bertz CT molecular complexity index is 600. The van der Waals surface area contributed by atoms with Gasteiger partial charge in [-0.25, -0.2) is 0 Å². The van der Waals surface area contributed by atoms with Crippen LogP contribution in [0.4, 0.5) is 11.4 Å². The average molecular weight is 343 g/mol. The topological polar surface area (TPSA) is 64.4 Å². The van der Waals surface area contributed by atoms with Crippen LogP contribution in [0, 0.1) is 10.1 Å². The third-order valence-corrected chi connectivity index (χ3v) is 4.05. The summed E-state index contributed by atoms with van der Waals surface area (Å²) >= 11 is 4.99. The number of thiophene rings is 1. The van der Waals surface area contributed by atoms with Crippen molar-refractivity contribution in [3.63, 3.8) is 0 Å². The molecule has 19 heavy (non-hydrogen) atoms. The van der Waals surface area contributed by atoms with Crippen LogP contribution >= 0.6 is 27.3 Å². The molecule has 2 rings (SSSR count). The molecule has 0 aliphatic carbocycles. The van der Waals surface area contributed by atoms with E-state index in [2.05, 4.69) is 21.2 Å². The largest absolute Gasteiger partial charge is 0.490 e. The summed E-state index contributed by atoms with van der Waals surface area (Å²) in [6.45, 7) is 0.617. The highest BCUT2D eigenvalue weighted by atomic mass is 79.9. The van der Waals surface area contributed by atoms with E-state index in [1.54, 1.807) is 23.5 Å². The molecule has 1 heterocycles. The lowest BCUT2D eigenvalue weighted by Crippen LogP contribution is -2.00. The van der Waals surface area contributed by atoms with Crippen LogP contribution in [0.2, 0.25) is 0 Å². The summed E-state index contributed by atoms with van der Waals surface area (Å²) in [5.74, 6) is 0.258. The predicted octanol–water partition coefficient (Wildman–Crippen LogP) is 4.04. The number of nitro benzene ring substituents is 1. The molecule has 1 N–H and O–H groups in total. The second-order valence-corrected chi connectivity index (χ2v) is 6.05. The highest BCUT2D eigenvalue weighted by Crippen LogP contribution is 2.30. The van der Waals surface area contributed by atoms with E-state index in [-0.39, 0.29) is 11.4 Å². The van der Waals surface area contributed by atoms with Gasteiger partial charge in [0.1, 0.15) is 0 Å². The van der Waals surface area contributed by atoms with Crippen molar-refractivity contribution >= 4 is 38.6 Å². The molecule has 0 atom stereocenters. The fourth-order valence-electron chi connectivity index (χ4n) is 1.59. The molecule has 0 saturated carbocycles. The number of anilines is 1. The van der Waals surface area contributed by atoms with Gasteiger partial charge in [0.15, 0.2) is 5.75 Å².